The minimum atomic E-state index is -0.130. The summed E-state index contributed by atoms with van der Waals surface area (Å²) in [5.74, 6) is 2.08. The number of pyridine rings is 1. The van der Waals surface area contributed by atoms with E-state index in [1.165, 1.54) is 0 Å². The molecule has 0 spiro atoms. The van der Waals surface area contributed by atoms with Crippen molar-refractivity contribution in [1.29, 1.82) is 0 Å². The summed E-state index contributed by atoms with van der Waals surface area (Å²) in [4.78, 5) is 25.4. The third kappa shape index (κ3) is 4.98. The Morgan fingerprint density at radius 3 is 2.75 bits per heavy atom. The number of nitrogens with one attached hydrogen (secondary N) is 2. The molecule has 0 bridgehead atoms. The largest absolute Gasteiger partial charge is 0.369 e. The van der Waals surface area contributed by atoms with Crippen molar-refractivity contribution >= 4 is 34.5 Å². The SMILES string of the molecule is CCSc1nc(NCC(C)C)c2cnn(CCNC(=O)c3ccncc3)c2n1. The molecule has 0 aliphatic rings. The molecule has 3 rings (SSSR count). The minimum Gasteiger partial charge on any atom is -0.369 e. The fourth-order valence-electron chi connectivity index (χ4n) is 2.61. The zero-order valence-corrected chi connectivity index (χ0v) is 17.2. The summed E-state index contributed by atoms with van der Waals surface area (Å²) in [7, 11) is 0. The quantitative estimate of drug-likeness (QED) is 0.422. The number of carbonyl (C=O) groups excluding carboxylic acids is 1. The molecule has 148 valence electrons. The van der Waals surface area contributed by atoms with Crippen LogP contribution in [-0.4, -0.2) is 49.5 Å². The number of aromatic nitrogens is 5. The van der Waals surface area contributed by atoms with Gasteiger partial charge in [-0.25, -0.2) is 14.6 Å². The summed E-state index contributed by atoms with van der Waals surface area (Å²) in [6.45, 7) is 8.19. The fraction of sp³-hybridized carbons (Fsp3) is 0.421. The van der Waals surface area contributed by atoms with E-state index in [1.807, 2.05) is 4.68 Å². The van der Waals surface area contributed by atoms with Gasteiger partial charge >= 0.3 is 0 Å². The molecule has 28 heavy (non-hydrogen) atoms. The Morgan fingerprint density at radius 2 is 2.04 bits per heavy atom. The maximum atomic E-state index is 12.2. The van der Waals surface area contributed by atoms with Gasteiger partial charge in [0.25, 0.3) is 5.91 Å². The van der Waals surface area contributed by atoms with Gasteiger partial charge in [0, 0.05) is 31.0 Å². The van der Waals surface area contributed by atoms with Gasteiger partial charge in [-0.2, -0.15) is 5.10 Å². The lowest BCUT2D eigenvalue weighted by Crippen LogP contribution is -2.27. The number of amides is 1. The highest BCUT2D eigenvalue weighted by molar-refractivity contribution is 7.99. The molecule has 0 atom stereocenters. The Labute approximate surface area is 168 Å². The number of anilines is 1. The van der Waals surface area contributed by atoms with Crippen LogP contribution in [0.15, 0.2) is 35.9 Å². The van der Waals surface area contributed by atoms with Gasteiger partial charge in [-0.15, -0.1) is 0 Å². The molecule has 0 saturated carbocycles. The maximum Gasteiger partial charge on any atom is 0.251 e. The van der Waals surface area contributed by atoms with E-state index in [0.29, 0.717) is 24.6 Å². The lowest BCUT2D eigenvalue weighted by atomic mass is 10.2. The third-order valence-corrected chi connectivity index (χ3v) is 4.71. The van der Waals surface area contributed by atoms with Crippen molar-refractivity contribution in [1.82, 2.24) is 30.0 Å². The lowest BCUT2D eigenvalue weighted by Gasteiger charge is -2.11. The molecule has 3 aromatic rings. The minimum absolute atomic E-state index is 0.130. The van der Waals surface area contributed by atoms with Crippen molar-refractivity contribution < 1.29 is 4.79 Å². The molecule has 0 aromatic carbocycles. The number of hydrogen-bond acceptors (Lipinski definition) is 7. The third-order valence-electron chi connectivity index (χ3n) is 3.98. The molecule has 0 aliphatic carbocycles. The first kappa shape index (κ1) is 20.1. The number of nitrogens with zero attached hydrogens (tertiary/aromatic N) is 5. The van der Waals surface area contributed by atoms with Crippen LogP contribution in [0.1, 0.15) is 31.1 Å². The van der Waals surface area contributed by atoms with Gasteiger partial charge in [0.2, 0.25) is 0 Å². The number of rotatable bonds is 9. The number of hydrogen-bond donors (Lipinski definition) is 2. The van der Waals surface area contributed by atoms with Gasteiger partial charge in [-0.05, 0) is 23.8 Å². The Morgan fingerprint density at radius 1 is 1.25 bits per heavy atom. The molecule has 3 heterocycles. The van der Waals surface area contributed by atoms with Crippen LogP contribution < -0.4 is 10.6 Å². The zero-order chi connectivity index (χ0) is 19.9. The van der Waals surface area contributed by atoms with E-state index in [0.717, 1.165) is 34.3 Å². The van der Waals surface area contributed by atoms with Crippen LogP contribution in [0.3, 0.4) is 0 Å². The van der Waals surface area contributed by atoms with Gasteiger partial charge in [-0.3, -0.25) is 9.78 Å². The highest BCUT2D eigenvalue weighted by Gasteiger charge is 2.14. The Kier molecular flexibility index (Phi) is 6.80. The van der Waals surface area contributed by atoms with Crippen LogP contribution in [0.5, 0.6) is 0 Å². The molecule has 2 N–H and O–H groups in total. The fourth-order valence-corrected chi connectivity index (χ4v) is 3.17. The molecular formula is C19H25N7OS. The number of thioether (sulfide) groups is 1. The Bertz CT molecular complexity index is 927. The van der Waals surface area contributed by atoms with Crippen molar-refractivity contribution in [3.63, 3.8) is 0 Å². The Hall–Kier alpha value is -2.68. The molecular weight excluding hydrogens is 374 g/mol. The highest BCUT2D eigenvalue weighted by Crippen LogP contribution is 2.24. The van der Waals surface area contributed by atoms with Crippen LogP contribution in [0.2, 0.25) is 0 Å². The van der Waals surface area contributed by atoms with Gasteiger partial charge < -0.3 is 10.6 Å². The van der Waals surface area contributed by atoms with E-state index in [-0.39, 0.29) is 5.91 Å². The summed E-state index contributed by atoms with van der Waals surface area (Å²) >= 11 is 1.60. The summed E-state index contributed by atoms with van der Waals surface area (Å²) in [5.41, 5.74) is 1.36. The second-order valence-electron chi connectivity index (χ2n) is 6.66. The predicted octanol–water partition coefficient (Wildman–Crippen LogP) is 2.83. The first-order valence-corrected chi connectivity index (χ1v) is 10.4. The van der Waals surface area contributed by atoms with Crippen molar-refractivity contribution in [2.45, 2.75) is 32.5 Å². The molecule has 9 heteroatoms. The molecule has 8 nitrogen and oxygen atoms in total. The molecule has 0 radical (unpaired) electrons. The summed E-state index contributed by atoms with van der Waals surface area (Å²) in [6, 6.07) is 3.37. The smallest absolute Gasteiger partial charge is 0.251 e. The van der Waals surface area contributed by atoms with Crippen LogP contribution >= 0.6 is 11.8 Å². The zero-order valence-electron chi connectivity index (χ0n) is 16.3. The molecule has 1 amide bonds. The lowest BCUT2D eigenvalue weighted by molar-refractivity contribution is 0.0952. The first-order valence-electron chi connectivity index (χ1n) is 9.37. The normalized spacial score (nSPS) is 11.1. The summed E-state index contributed by atoms with van der Waals surface area (Å²) in [5, 5.41) is 12.4. The first-order chi connectivity index (χ1) is 13.6. The van der Waals surface area contributed by atoms with Crippen LogP contribution in [-0.2, 0) is 6.54 Å². The van der Waals surface area contributed by atoms with Crippen molar-refractivity contribution in [2.75, 3.05) is 24.2 Å². The van der Waals surface area contributed by atoms with E-state index in [4.69, 9.17) is 0 Å². The van der Waals surface area contributed by atoms with E-state index < -0.39 is 0 Å². The maximum absolute atomic E-state index is 12.2. The molecule has 0 fully saturated rings. The van der Waals surface area contributed by atoms with Gasteiger partial charge in [0.15, 0.2) is 10.8 Å². The number of carbonyl (C=O) groups is 1. The van der Waals surface area contributed by atoms with E-state index in [9.17, 15) is 4.79 Å². The monoisotopic (exact) mass is 399 g/mol. The van der Waals surface area contributed by atoms with Gasteiger partial charge in [0.1, 0.15) is 5.82 Å². The van der Waals surface area contributed by atoms with Crippen LogP contribution in [0.4, 0.5) is 5.82 Å². The van der Waals surface area contributed by atoms with Crippen molar-refractivity contribution in [3.8, 4) is 0 Å². The van der Waals surface area contributed by atoms with Crippen LogP contribution in [0, 0.1) is 5.92 Å². The van der Waals surface area contributed by atoms with E-state index in [1.54, 1.807) is 42.5 Å². The van der Waals surface area contributed by atoms with E-state index in [2.05, 4.69) is 51.5 Å². The van der Waals surface area contributed by atoms with Crippen molar-refractivity contribution in [3.05, 3.63) is 36.3 Å². The highest BCUT2D eigenvalue weighted by atomic mass is 32.2. The standard InChI is InChI=1S/C19H25N7OS/c1-4-28-19-24-16(22-11-13(2)3)15-12-23-26(17(15)25-19)10-9-21-18(27)14-5-7-20-8-6-14/h5-8,12-13H,4,9-11H2,1-3H3,(H,21,27)(H,22,24,25). The molecule has 0 unspecified atom stereocenters. The average Bonchev–Trinajstić information content (AvgIpc) is 3.10. The van der Waals surface area contributed by atoms with Crippen molar-refractivity contribution in [2.24, 2.45) is 5.92 Å². The molecule has 0 aliphatic heterocycles. The molecule has 3 aromatic heterocycles. The summed E-state index contributed by atoms with van der Waals surface area (Å²) in [6.07, 6.45) is 4.99. The second kappa shape index (κ2) is 9.50. The molecule has 0 saturated heterocycles. The Balaban J connectivity index is 1.74. The van der Waals surface area contributed by atoms with E-state index >= 15 is 0 Å². The van der Waals surface area contributed by atoms with Crippen LogP contribution in [0.25, 0.3) is 11.0 Å². The number of fused-ring (bicyclic) bond motifs is 1. The topological polar surface area (TPSA) is 97.6 Å². The predicted molar refractivity (Wildman–Crippen MR) is 112 cm³/mol. The second-order valence-corrected chi connectivity index (χ2v) is 7.89. The summed E-state index contributed by atoms with van der Waals surface area (Å²) < 4.78 is 1.81. The van der Waals surface area contributed by atoms with Gasteiger partial charge in [0.05, 0.1) is 18.1 Å². The van der Waals surface area contributed by atoms with Gasteiger partial charge in [-0.1, -0.05) is 32.5 Å². The average molecular weight is 400 g/mol.